The van der Waals surface area contributed by atoms with Crippen LogP contribution in [0, 0.1) is 0 Å². The van der Waals surface area contributed by atoms with Gasteiger partial charge in [-0.25, -0.2) is 9.97 Å². The first-order chi connectivity index (χ1) is 10.7. The van der Waals surface area contributed by atoms with Crippen molar-refractivity contribution in [2.75, 3.05) is 24.5 Å². The van der Waals surface area contributed by atoms with Crippen molar-refractivity contribution in [1.82, 2.24) is 14.9 Å². The minimum atomic E-state index is -0.0576. The van der Waals surface area contributed by atoms with Crippen molar-refractivity contribution in [3.63, 3.8) is 0 Å². The fourth-order valence-electron chi connectivity index (χ4n) is 2.37. The number of carbonyl (C=O) groups is 1. The smallest absolute Gasteiger partial charge is 0.272 e. The molecule has 0 unspecified atom stereocenters. The van der Waals surface area contributed by atoms with Crippen molar-refractivity contribution >= 4 is 17.4 Å². The Hall–Kier alpha value is -2.43. The number of para-hydroxylation sites is 1. The van der Waals surface area contributed by atoms with Gasteiger partial charge in [-0.3, -0.25) is 4.79 Å². The zero-order valence-electron chi connectivity index (χ0n) is 13.4. The summed E-state index contributed by atoms with van der Waals surface area (Å²) in [6.45, 7) is 8.09. The van der Waals surface area contributed by atoms with Gasteiger partial charge in [-0.05, 0) is 32.9 Å². The average molecular weight is 298 g/mol. The van der Waals surface area contributed by atoms with Crippen LogP contribution in [0.2, 0.25) is 0 Å². The molecule has 2 aromatic rings. The number of aromatic nitrogens is 2. The van der Waals surface area contributed by atoms with Gasteiger partial charge in [-0.1, -0.05) is 18.2 Å². The van der Waals surface area contributed by atoms with Gasteiger partial charge in [-0.2, -0.15) is 0 Å². The third-order valence-electron chi connectivity index (χ3n) is 3.58. The first kappa shape index (κ1) is 15.9. The maximum atomic E-state index is 12.4. The lowest BCUT2D eigenvalue weighted by molar-refractivity contribution is 0.0767. The van der Waals surface area contributed by atoms with Crippen molar-refractivity contribution in [2.45, 2.75) is 20.8 Å². The van der Waals surface area contributed by atoms with Crippen LogP contribution in [0.25, 0.3) is 0 Å². The number of nitrogens with zero attached hydrogens (tertiary/aromatic N) is 4. The van der Waals surface area contributed by atoms with E-state index < -0.39 is 0 Å². The molecule has 1 amide bonds. The quantitative estimate of drug-likeness (QED) is 0.822. The monoisotopic (exact) mass is 298 g/mol. The highest BCUT2D eigenvalue weighted by atomic mass is 16.2. The average Bonchev–Trinajstić information content (AvgIpc) is 2.58. The highest BCUT2D eigenvalue weighted by Crippen LogP contribution is 2.23. The molecule has 0 spiro atoms. The molecule has 1 aromatic heterocycles. The maximum Gasteiger partial charge on any atom is 0.272 e. The molecule has 1 heterocycles. The normalized spacial score (nSPS) is 10.3. The lowest BCUT2D eigenvalue weighted by Crippen LogP contribution is -2.31. The number of benzene rings is 1. The van der Waals surface area contributed by atoms with E-state index in [9.17, 15) is 4.79 Å². The predicted molar refractivity (Wildman–Crippen MR) is 88.4 cm³/mol. The number of hydrogen-bond donors (Lipinski definition) is 0. The van der Waals surface area contributed by atoms with E-state index in [2.05, 4.69) is 21.8 Å². The summed E-state index contributed by atoms with van der Waals surface area (Å²) in [6.07, 6.45) is 1.46. The van der Waals surface area contributed by atoms with Gasteiger partial charge in [0.05, 0.1) is 0 Å². The van der Waals surface area contributed by atoms with Crippen LogP contribution < -0.4 is 4.90 Å². The van der Waals surface area contributed by atoms with Gasteiger partial charge in [0.15, 0.2) is 0 Å². The van der Waals surface area contributed by atoms with Crippen molar-refractivity contribution in [1.29, 1.82) is 0 Å². The second-order valence-electron chi connectivity index (χ2n) is 4.82. The number of carbonyl (C=O) groups excluding carboxylic acids is 1. The van der Waals surface area contributed by atoms with Crippen LogP contribution in [0.4, 0.5) is 11.5 Å². The van der Waals surface area contributed by atoms with E-state index in [0.717, 1.165) is 18.1 Å². The zero-order valence-corrected chi connectivity index (χ0v) is 13.4. The van der Waals surface area contributed by atoms with Crippen LogP contribution >= 0.6 is 0 Å². The fraction of sp³-hybridized carbons (Fsp3) is 0.353. The number of amides is 1. The molecular weight excluding hydrogens is 276 g/mol. The molecule has 0 saturated carbocycles. The lowest BCUT2D eigenvalue weighted by atomic mass is 10.2. The van der Waals surface area contributed by atoms with E-state index in [-0.39, 0.29) is 5.91 Å². The molecule has 5 nitrogen and oxygen atoms in total. The Labute approximate surface area is 131 Å². The van der Waals surface area contributed by atoms with Gasteiger partial charge in [0.25, 0.3) is 5.91 Å². The second kappa shape index (κ2) is 7.54. The molecule has 0 N–H and O–H groups in total. The molecule has 116 valence electrons. The third-order valence-corrected chi connectivity index (χ3v) is 3.58. The lowest BCUT2D eigenvalue weighted by Gasteiger charge is -2.23. The Morgan fingerprint density at radius 2 is 1.68 bits per heavy atom. The van der Waals surface area contributed by atoms with Crippen LogP contribution in [0.15, 0.2) is 42.7 Å². The molecular formula is C17H22N4O. The Morgan fingerprint density at radius 3 is 2.27 bits per heavy atom. The van der Waals surface area contributed by atoms with Gasteiger partial charge < -0.3 is 9.80 Å². The molecule has 0 atom stereocenters. The van der Waals surface area contributed by atoms with Crippen LogP contribution in [-0.4, -0.2) is 40.4 Å². The van der Waals surface area contributed by atoms with Gasteiger partial charge in [0, 0.05) is 31.4 Å². The van der Waals surface area contributed by atoms with E-state index in [1.807, 2.05) is 44.2 Å². The van der Waals surface area contributed by atoms with E-state index in [4.69, 9.17) is 0 Å². The topological polar surface area (TPSA) is 49.3 Å². The maximum absolute atomic E-state index is 12.4. The summed E-state index contributed by atoms with van der Waals surface area (Å²) >= 11 is 0. The molecule has 0 aliphatic heterocycles. The molecule has 0 fully saturated rings. The largest absolute Gasteiger partial charge is 0.338 e. The zero-order chi connectivity index (χ0) is 15.9. The standard InChI is InChI=1S/C17H22N4O/c1-4-20(5-2)17(22)15-12-16(19-13-18-15)21(6-3)14-10-8-7-9-11-14/h7-13H,4-6H2,1-3H3. The molecule has 5 heteroatoms. The van der Waals surface area contributed by atoms with Gasteiger partial charge in [0.1, 0.15) is 17.8 Å². The van der Waals surface area contributed by atoms with Gasteiger partial charge in [0.2, 0.25) is 0 Å². The van der Waals surface area contributed by atoms with Crippen molar-refractivity contribution < 1.29 is 4.79 Å². The highest BCUT2D eigenvalue weighted by Gasteiger charge is 2.16. The molecule has 0 aliphatic carbocycles. The summed E-state index contributed by atoms with van der Waals surface area (Å²) in [5.41, 5.74) is 1.48. The molecule has 1 aromatic carbocycles. The first-order valence-electron chi connectivity index (χ1n) is 7.65. The summed E-state index contributed by atoms with van der Waals surface area (Å²) in [4.78, 5) is 24.7. The van der Waals surface area contributed by atoms with Gasteiger partial charge >= 0.3 is 0 Å². The molecule has 0 saturated heterocycles. The first-order valence-corrected chi connectivity index (χ1v) is 7.65. The second-order valence-corrected chi connectivity index (χ2v) is 4.82. The molecule has 2 rings (SSSR count). The summed E-state index contributed by atoms with van der Waals surface area (Å²) in [6, 6.07) is 11.8. The minimum Gasteiger partial charge on any atom is -0.338 e. The van der Waals surface area contributed by atoms with Gasteiger partial charge in [-0.15, -0.1) is 0 Å². The van der Waals surface area contributed by atoms with Crippen LogP contribution in [0.3, 0.4) is 0 Å². The number of hydrogen-bond acceptors (Lipinski definition) is 4. The van der Waals surface area contributed by atoms with Crippen molar-refractivity contribution in [2.24, 2.45) is 0 Å². The van der Waals surface area contributed by atoms with Crippen LogP contribution in [0.5, 0.6) is 0 Å². The Kier molecular flexibility index (Phi) is 5.47. The summed E-state index contributed by atoms with van der Waals surface area (Å²) in [7, 11) is 0. The number of rotatable bonds is 6. The molecule has 22 heavy (non-hydrogen) atoms. The van der Waals surface area contributed by atoms with E-state index in [1.54, 1.807) is 11.0 Å². The van der Waals surface area contributed by atoms with Crippen molar-refractivity contribution in [3.05, 3.63) is 48.4 Å². The molecule has 0 radical (unpaired) electrons. The van der Waals surface area contributed by atoms with Crippen molar-refractivity contribution in [3.8, 4) is 0 Å². The van der Waals surface area contributed by atoms with E-state index >= 15 is 0 Å². The molecule has 0 aliphatic rings. The van der Waals surface area contributed by atoms with Crippen LogP contribution in [-0.2, 0) is 0 Å². The van der Waals surface area contributed by atoms with E-state index in [1.165, 1.54) is 6.33 Å². The van der Waals surface area contributed by atoms with Crippen LogP contribution in [0.1, 0.15) is 31.3 Å². The number of anilines is 2. The minimum absolute atomic E-state index is 0.0576. The Balaban J connectivity index is 2.33. The highest BCUT2D eigenvalue weighted by molar-refractivity contribution is 5.93. The molecule has 0 bridgehead atoms. The third kappa shape index (κ3) is 3.42. The summed E-state index contributed by atoms with van der Waals surface area (Å²) in [5, 5.41) is 0. The summed E-state index contributed by atoms with van der Waals surface area (Å²) < 4.78 is 0. The fourth-order valence-corrected chi connectivity index (χ4v) is 2.37. The van der Waals surface area contributed by atoms with E-state index in [0.29, 0.717) is 18.8 Å². The SMILES string of the molecule is CCN(CC)C(=O)c1cc(N(CC)c2ccccc2)ncn1. The summed E-state index contributed by atoms with van der Waals surface area (Å²) in [5.74, 6) is 0.678. The Morgan fingerprint density at radius 1 is 1.00 bits per heavy atom. The Bertz CT molecular complexity index is 611. The predicted octanol–water partition coefficient (Wildman–Crippen LogP) is 3.12.